The highest BCUT2D eigenvalue weighted by Crippen LogP contribution is 2.28. The van der Waals surface area contributed by atoms with Crippen LogP contribution in [0.15, 0.2) is 42.5 Å². The lowest BCUT2D eigenvalue weighted by Gasteiger charge is -2.17. The molecular formula is C19H22N2O5. The molecule has 0 bridgehead atoms. The number of ether oxygens (including phenoxy) is 2. The summed E-state index contributed by atoms with van der Waals surface area (Å²) in [4.78, 5) is 24.3. The molecule has 1 amide bonds. The van der Waals surface area contributed by atoms with Crippen molar-refractivity contribution in [3.63, 3.8) is 0 Å². The van der Waals surface area contributed by atoms with E-state index in [1.165, 1.54) is 18.2 Å². The average Bonchev–Trinajstić information content (AvgIpc) is 2.67. The number of methoxy groups -OCH3 is 2. The van der Waals surface area contributed by atoms with Crippen LogP contribution in [0.2, 0.25) is 0 Å². The summed E-state index contributed by atoms with van der Waals surface area (Å²) in [5.41, 5.74) is 1.31. The maximum absolute atomic E-state index is 12.4. The molecule has 0 aromatic heterocycles. The number of carbonyl (C=O) groups excluding carboxylic acids is 1. The largest absolute Gasteiger partial charge is 0.493 e. The molecule has 0 fully saturated rings. The molecule has 2 aromatic carbocycles. The molecule has 0 saturated heterocycles. The summed E-state index contributed by atoms with van der Waals surface area (Å²) in [6, 6.07) is 11.5. The van der Waals surface area contributed by atoms with Gasteiger partial charge in [0.2, 0.25) is 0 Å². The first-order chi connectivity index (χ1) is 12.5. The highest BCUT2D eigenvalue weighted by atomic mass is 16.6. The van der Waals surface area contributed by atoms with Crippen LogP contribution in [-0.4, -0.2) is 43.5 Å². The highest BCUT2D eigenvalue weighted by molar-refractivity contribution is 5.94. The quantitative estimate of drug-likeness (QED) is 0.534. The molecule has 7 heteroatoms. The smallest absolute Gasteiger partial charge is 0.270 e. The number of nitrogens with zero attached hydrogens (tertiary/aromatic N) is 2. The Morgan fingerprint density at radius 1 is 1.12 bits per heavy atom. The number of amides is 1. The van der Waals surface area contributed by atoms with E-state index in [2.05, 4.69) is 0 Å². The molecule has 26 heavy (non-hydrogen) atoms. The summed E-state index contributed by atoms with van der Waals surface area (Å²) in [6.07, 6.45) is 1.53. The standard InChI is InChI=1S/C19H22N2O5/c1-20(19(22)15-7-4-8-16(13-15)21(23)24)11-5-6-14-9-10-17(25-2)18(12-14)26-3/h4,7-10,12-13H,5-6,11H2,1-3H3. The van der Waals surface area contributed by atoms with Gasteiger partial charge in [0.1, 0.15) is 0 Å². The lowest BCUT2D eigenvalue weighted by Crippen LogP contribution is -2.28. The first-order valence-electron chi connectivity index (χ1n) is 8.17. The lowest BCUT2D eigenvalue weighted by atomic mass is 10.1. The van der Waals surface area contributed by atoms with Crippen LogP contribution in [0.5, 0.6) is 11.5 Å². The van der Waals surface area contributed by atoms with Gasteiger partial charge in [0.15, 0.2) is 11.5 Å². The van der Waals surface area contributed by atoms with Crippen molar-refractivity contribution in [1.82, 2.24) is 4.90 Å². The van der Waals surface area contributed by atoms with Gasteiger partial charge in [-0.2, -0.15) is 0 Å². The Bertz CT molecular complexity index is 791. The minimum atomic E-state index is -0.506. The number of hydrogen-bond donors (Lipinski definition) is 0. The number of benzene rings is 2. The van der Waals surface area contributed by atoms with Crippen LogP contribution in [0.3, 0.4) is 0 Å². The van der Waals surface area contributed by atoms with Gasteiger partial charge < -0.3 is 14.4 Å². The molecule has 138 valence electrons. The maximum atomic E-state index is 12.4. The summed E-state index contributed by atoms with van der Waals surface area (Å²) < 4.78 is 10.5. The van der Waals surface area contributed by atoms with Crippen molar-refractivity contribution in [3.05, 3.63) is 63.7 Å². The van der Waals surface area contributed by atoms with Crippen LogP contribution in [-0.2, 0) is 6.42 Å². The van der Waals surface area contributed by atoms with Gasteiger partial charge in [-0.3, -0.25) is 14.9 Å². The third-order valence-electron chi connectivity index (χ3n) is 4.06. The molecule has 0 radical (unpaired) electrons. The molecule has 2 rings (SSSR count). The van der Waals surface area contributed by atoms with E-state index in [9.17, 15) is 14.9 Å². The zero-order valence-corrected chi connectivity index (χ0v) is 15.1. The summed E-state index contributed by atoms with van der Waals surface area (Å²) >= 11 is 0. The third-order valence-corrected chi connectivity index (χ3v) is 4.06. The summed E-state index contributed by atoms with van der Waals surface area (Å²) in [6.45, 7) is 0.538. The maximum Gasteiger partial charge on any atom is 0.270 e. The van der Waals surface area contributed by atoms with Crippen molar-refractivity contribution < 1.29 is 19.2 Å². The second kappa shape index (κ2) is 8.84. The number of non-ortho nitro benzene ring substituents is 1. The second-order valence-electron chi connectivity index (χ2n) is 5.83. The second-order valence-corrected chi connectivity index (χ2v) is 5.83. The fraction of sp³-hybridized carbons (Fsp3) is 0.316. The minimum absolute atomic E-state index is 0.0884. The first-order valence-corrected chi connectivity index (χ1v) is 8.17. The van der Waals surface area contributed by atoms with E-state index in [1.54, 1.807) is 32.2 Å². The normalized spacial score (nSPS) is 10.3. The molecule has 0 saturated carbocycles. The van der Waals surface area contributed by atoms with Gasteiger partial charge in [0.25, 0.3) is 11.6 Å². The molecule has 0 aliphatic carbocycles. The fourth-order valence-corrected chi connectivity index (χ4v) is 2.63. The van der Waals surface area contributed by atoms with Crippen LogP contribution in [0.1, 0.15) is 22.3 Å². The molecule has 0 spiro atoms. The predicted octanol–water partition coefficient (Wildman–Crippen LogP) is 3.32. The number of rotatable bonds is 8. The predicted molar refractivity (Wildman–Crippen MR) is 97.9 cm³/mol. The van der Waals surface area contributed by atoms with Crippen LogP contribution in [0, 0.1) is 10.1 Å². The monoisotopic (exact) mass is 358 g/mol. The summed E-state index contributed by atoms with van der Waals surface area (Å²) in [5, 5.41) is 10.8. The molecule has 0 heterocycles. The summed E-state index contributed by atoms with van der Waals surface area (Å²) in [5.74, 6) is 1.11. The molecule has 0 aliphatic rings. The van der Waals surface area contributed by atoms with Crippen molar-refractivity contribution in [2.45, 2.75) is 12.8 Å². The number of carbonyl (C=O) groups is 1. The Morgan fingerprint density at radius 3 is 2.50 bits per heavy atom. The van der Waals surface area contributed by atoms with E-state index in [0.717, 1.165) is 18.4 Å². The first kappa shape index (κ1) is 19.2. The molecule has 0 aliphatic heterocycles. The van der Waals surface area contributed by atoms with Crippen molar-refractivity contribution in [3.8, 4) is 11.5 Å². The lowest BCUT2D eigenvalue weighted by molar-refractivity contribution is -0.384. The molecule has 0 unspecified atom stereocenters. The van der Waals surface area contributed by atoms with Crippen molar-refractivity contribution in [2.75, 3.05) is 27.8 Å². The molecule has 7 nitrogen and oxygen atoms in total. The Kier molecular flexibility index (Phi) is 6.54. The average molecular weight is 358 g/mol. The van der Waals surface area contributed by atoms with E-state index in [0.29, 0.717) is 23.6 Å². The van der Waals surface area contributed by atoms with Gasteiger partial charge in [-0.05, 0) is 36.6 Å². The molecular weight excluding hydrogens is 336 g/mol. The topological polar surface area (TPSA) is 81.9 Å². The van der Waals surface area contributed by atoms with Gasteiger partial charge in [-0.25, -0.2) is 0 Å². The fourth-order valence-electron chi connectivity index (χ4n) is 2.63. The Morgan fingerprint density at radius 2 is 1.85 bits per heavy atom. The Balaban J connectivity index is 1.94. The van der Waals surface area contributed by atoms with Crippen molar-refractivity contribution in [1.29, 1.82) is 0 Å². The van der Waals surface area contributed by atoms with Crippen molar-refractivity contribution >= 4 is 11.6 Å². The van der Waals surface area contributed by atoms with Gasteiger partial charge in [0, 0.05) is 31.3 Å². The SMILES string of the molecule is COc1ccc(CCCN(C)C(=O)c2cccc([N+](=O)[O-])c2)cc1OC. The number of aryl methyl sites for hydroxylation is 1. The van der Waals surface area contributed by atoms with Gasteiger partial charge in [-0.15, -0.1) is 0 Å². The highest BCUT2D eigenvalue weighted by Gasteiger charge is 2.15. The van der Waals surface area contributed by atoms with E-state index >= 15 is 0 Å². The van der Waals surface area contributed by atoms with E-state index in [4.69, 9.17) is 9.47 Å². The molecule has 2 aromatic rings. The zero-order chi connectivity index (χ0) is 19.1. The Labute approximate surface area is 152 Å². The van der Waals surface area contributed by atoms with Crippen LogP contribution >= 0.6 is 0 Å². The minimum Gasteiger partial charge on any atom is -0.493 e. The summed E-state index contributed by atoms with van der Waals surface area (Å²) in [7, 11) is 4.87. The number of nitro benzene ring substituents is 1. The molecule has 0 atom stereocenters. The van der Waals surface area contributed by atoms with Crippen LogP contribution in [0.4, 0.5) is 5.69 Å². The molecule has 0 N–H and O–H groups in total. The van der Waals surface area contributed by atoms with E-state index in [1.807, 2.05) is 18.2 Å². The van der Waals surface area contributed by atoms with E-state index in [-0.39, 0.29) is 11.6 Å². The van der Waals surface area contributed by atoms with Gasteiger partial charge in [0.05, 0.1) is 19.1 Å². The van der Waals surface area contributed by atoms with Crippen LogP contribution in [0.25, 0.3) is 0 Å². The zero-order valence-electron chi connectivity index (χ0n) is 15.1. The van der Waals surface area contributed by atoms with Crippen molar-refractivity contribution in [2.24, 2.45) is 0 Å². The third kappa shape index (κ3) is 4.72. The number of hydrogen-bond acceptors (Lipinski definition) is 5. The van der Waals surface area contributed by atoms with Gasteiger partial charge in [-0.1, -0.05) is 12.1 Å². The van der Waals surface area contributed by atoms with Crippen LogP contribution < -0.4 is 9.47 Å². The number of nitro groups is 1. The van der Waals surface area contributed by atoms with Gasteiger partial charge >= 0.3 is 0 Å². The van der Waals surface area contributed by atoms with E-state index < -0.39 is 4.92 Å². The Hall–Kier alpha value is -3.09.